The van der Waals surface area contributed by atoms with Gasteiger partial charge in [-0.05, 0) is 120 Å². The third-order valence-corrected chi connectivity index (χ3v) is 12.0. The molecule has 0 amide bonds. The maximum absolute atomic E-state index is 2.43. The Labute approximate surface area is 306 Å². The van der Waals surface area contributed by atoms with Gasteiger partial charge in [0.25, 0.3) is 0 Å². The Bertz CT molecular complexity index is 2940. The van der Waals surface area contributed by atoms with Crippen molar-refractivity contribution in [2.24, 2.45) is 0 Å². The van der Waals surface area contributed by atoms with Crippen molar-refractivity contribution in [2.75, 3.05) is 4.90 Å². The van der Waals surface area contributed by atoms with Crippen LogP contribution in [0.15, 0.2) is 188 Å². The van der Waals surface area contributed by atoms with Gasteiger partial charge in [0.05, 0.1) is 5.69 Å². The summed E-state index contributed by atoms with van der Waals surface area (Å²) in [4.78, 5) is 3.71. The van der Waals surface area contributed by atoms with Gasteiger partial charge in [-0.2, -0.15) is 0 Å². The van der Waals surface area contributed by atoms with Crippen molar-refractivity contribution >= 4 is 70.8 Å². The van der Waals surface area contributed by atoms with Crippen LogP contribution in [-0.4, -0.2) is 0 Å². The van der Waals surface area contributed by atoms with Gasteiger partial charge in [-0.15, -0.1) is 11.3 Å². The van der Waals surface area contributed by atoms with Gasteiger partial charge in [-0.3, -0.25) is 0 Å². The summed E-state index contributed by atoms with van der Waals surface area (Å²) in [5, 5.41) is 8.99. The second-order valence-electron chi connectivity index (χ2n) is 13.7. The third kappa shape index (κ3) is 4.55. The zero-order chi connectivity index (χ0) is 34.2. The van der Waals surface area contributed by atoms with Gasteiger partial charge < -0.3 is 4.90 Å². The lowest BCUT2D eigenvalue weighted by atomic mass is 9.97. The summed E-state index contributed by atoms with van der Waals surface area (Å²) in [5.74, 6) is 0. The lowest BCUT2D eigenvalue weighted by Crippen LogP contribution is -2.10. The van der Waals surface area contributed by atoms with E-state index in [2.05, 4.69) is 193 Å². The van der Waals surface area contributed by atoms with Crippen molar-refractivity contribution < 1.29 is 0 Å². The summed E-state index contributed by atoms with van der Waals surface area (Å²) >= 11 is 1.85. The molecule has 0 N–H and O–H groups in total. The number of fused-ring (bicyclic) bond motifs is 7. The summed E-state index contributed by atoms with van der Waals surface area (Å²) in [7, 11) is 0. The lowest BCUT2D eigenvalue weighted by molar-refractivity contribution is 1.30. The van der Waals surface area contributed by atoms with Crippen LogP contribution in [0.3, 0.4) is 0 Å². The van der Waals surface area contributed by atoms with Gasteiger partial charge in [0.1, 0.15) is 0 Å². The van der Waals surface area contributed by atoms with Crippen LogP contribution >= 0.6 is 11.3 Å². The normalized spacial score (nSPS) is 11.8. The second-order valence-corrected chi connectivity index (χ2v) is 14.8. The molecule has 0 spiro atoms. The molecular weight excluding hydrogens is 647 g/mol. The number of anilines is 3. The molecule has 10 aromatic rings. The quantitative estimate of drug-likeness (QED) is 0.164. The largest absolute Gasteiger partial charge is 0.310 e. The minimum Gasteiger partial charge on any atom is -0.310 e. The highest BCUT2D eigenvalue weighted by Gasteiger charge is 2.24. The van der Waals surface area contributed by atoms with E-state index in [1.807, 2.05) is 11.3 Å². The van der Waals surface area contributed by atoms with E-state index >= 15 is 0 Å². The molecule has 1 aliphatic rings. The van der Waals surface area contributed by atoms with Crippen LogP contribution in [0, 0.1) is 0 Å². The van der Waals surface area contributed by atoms with Crippen LogP contribution < -0.4 is 4.90 Å². The van der Waals surface area contributed by atoms with Crippen LogP contribution in [0.25, 0.3) is 86.2 Å². The van der Waals surface area contributed by atoms with Crippen molar-refractivity contribution in [3.8, 4) is 43.8 Å². The molecule has 1 nitrogen and oxygen atoms in total. The molecule has 0 fully saturated rings. The number of benzene rings is 9. The lowest BCUT2D eigenvalue weighted by Gasteiger charge is -2.27. The van der Waals surface area contributed by atoms with Crippen LogP contribution in [0.5, 0.6) is 0 Å². The monoisotopic (exact) mass is 677 g/mol. The minimum absolute atomic E-state index is 1.13. The predicted octanol–water partition coefficient (Wildman–Crippen LogP) is 14.8. The summed E-state index contributed by atoms with van der Waals surface area (Å²) in [5.41, 5.74) is 12.3. The summed E-state index contributed by atoms with van der Waals surface area (Å²) in [6, 6.07) is 69.3. The van der Waals surface area contributed by atoms with Crippen molar-refractivity contribution in [3.63, 3.8) is 0 Å². The van der Waals surface area contributed by atoms with Gasteiger partial charge in [0.15, 0.2) is 0 Å². The van der Waals surface area contributed by atoms with E-state index in [1.165, 1.54) is 91.9 Å². The maximum Gasteiger partial charge on any atom is 0.0540 e. The molecule has 11 rings (SSSR count). The fraction of sp³-hybridized carbons (Fsp3) is 0. The highest BCUT2D eigenvalue weighted by atomic mass is 32.1. The van der Waals surface area contributed by atoms with Crippen molar-refractivity contribution in [3.05, 3.63) is 188 Å². The van der Waals surface area contributed by atoms with Gasteiger partial charge >= 0.3 is 0 Å². The number of nitrogens with zero attached hydrogens (tertiary/aromatic N) is 1. The highest BCUT2D eigenvalue weighted by Crippen LogP contribution is 2.51. The van der Waals surface area contributed by atoms with E-state index in [1.54, 1.807) is 0 Å². The molecule has 9 aromatic carbocycles. The average molecular weight is 678 g/mol. The smallest absolute Gasteiger partial charge is 0.0540 e. The maximum atomic E-state index is 2.43. The molecule has 52 heavy (non-hydrogen) atoms. The number of thiophene rings is 1. The number of hydrogen-bond donors (Lipinski definition) is 0. The molecule has 0 radical (unpaired) electrons. The fourth-order valence-electron chi connectivity index (χ4n) is 8.31. The van der Waals surface area contributed by atoms with Gasteiger partial charge in [-0.1, -0.05) is 140 Å². The van der Waals surface area contributed by atoms with Crippen molar-refractivity contribution in [2.45, 2.75) is 0 Å². The highest BCUT2D eigenvalue weighted by molar-refractivity contribution is 7.22. The van der Waals surface area contributed by atoms with Crippen LogP contribution in [-0.2, 0) is 0 Å². The molecule has 1 heterocycles. The molecule has 0 atom stereocenters. The first kappa shape index (κ1) is 29.3. The van der Waals surface area contributed by atoms with Crippen molar-refractivity contribution in [1.82, 2.24) is 0 Å². The molecule has 242 valence electrons. The first-order valence-electron chi connectivity index (χ1n) is 17.8. The van der Waals surface area contributed by atoms with Crippen LogP contribution in [0.2, 0.25) is 0 Å². The Hall–Kier alpha value is -6.48. The molecule has 1 aliphatic carbocycles. The molecular formula is C50H31NS. The molecule has 0 saturated carbocycles. The fourth-order valence-corrected chi connectivity index (χ4v) is 9.38. The molecule has 2 heteroatoms. The SMILES string of the molecule is c1ccc2c(c1)-c1cccc3c(N(c4ccc(-c5ccc6c(ccc7ccccc76)c5)cc4)c4ccc(-c5cc6ccccc6s5)cc4)ccc-2c13. The van der Waals surface area contributed by atoms with Crippen LogP contribution in [0.4, 0.5) is 17.1 Å². The van der Waals surface area contributed by atoms with E-state index in [0.717, 1.165) is 11.4 Å². The third-order valence-electron chi connectivity index (χ3n) is 10.8. The standard InChI is InChI=1S/C50H31NS/c1-3-10-40-33(8-1)16-17-36-30-35(22-27-41(36)40)32-18-23-38(24-19-32)51(39-25-20-34(21-26-39)49-31-37-9-2-6-15-48(37)52-49)47-29-28-45-43-12-5-4-11-42(43)44-13-7-14-46(47)50(44)45/h1-31H. The van der Waals surface area contributed by atoms with E-state index in [4.69, 9.17) is 0 Å². The second kappa shape index (κ2) is 11.5. The average Bonchev–Trinajstić information content (AvgIpc) is 3.80. The van der Waals surface area contributed by atoms with E-state index in [9.17, 15) is 0 Å². The Morgan fingerprint density at radius 3 is 1.73 bits per heavy atom. The predicted molar refractivity (Wildman–Crippen MR) is 224 cm³/mol. The molecule has 0 bridgehead atoms. The summed E-state index contributed by atoms with van der Waals surface area (Å²) < 4.78 is 1.32. The van der Waals surface area contributed by atoms with Crippen molar-refractivity contribution in [1.29, 1.82) is 0 Å². The summed E-state index contributed by atoms with van der Waals surface area (Å²) in [6.07, 6.45) is 0. The zero-order valence-electron chi connectivity index (χ0n) is 28.3. The molecule has 0 unspecified atom stereocenters. The molecule has 0 aliphatic heterocycles. The Morgan fingerprint density at radius 1 is 0.346 bits per heavy atom. The topological polar surface area (TPSA) is 3.24 Å². The Morgan fingerprint density at radius 2 is 0.942 bits per heavy atom. The molecule has 0 saturated heterocycles. The summed E-state index contributed by atoms with van der Waals surface area (Å²) in [6.45, 7) is 0. The van der Waals surface area contributed by atoms with Gasteiger partial charge in [0.2, 0.25) is 0 Å². The van der Waals surface area contributed by atoms with Crippen LogP contribution in [0.1, 0.15) is 0 Å². The van der Waals surface area contributed by atoms with Gasteiger partial charge in [-0.25, -0.2) is 0 Å². The Kier molecular flexibility index (Phi) is 6.49. The van der Waals surface area contributed by atoms with E-state index in [0.29, 0.717) is 0 Å². The zero-order valence-corrected chi connectivity index (χ0v) is 29.1. The van der Waals surface area contributed by atoms with Gasteiger partial charge in [0, 0.05) is 26.3 Å². The minimum atomic E-state index is 1.13. The molecule has 1 aromatic heterocycles. The Balaban J connectivity index is 1.04. The number of hydrogen-bond acceptors (Lipinski definition) is 2. The first-order valence-corrected chi connectivity index (χ1v) is 18.7. The van der Waals surface area contributed by atoms with E-state index in [-0.39, 0.29) is 0 Å². The number of rotatable bonds is 5. The van der Waals surface area contributed by atoms with E-state index < -0.39 is 0 Å². The first-order chi connectivity index (χ1) is 25.8.